The smallest absolute Gasteiger partial charge is 0.269 e. The van der Waals surface area contributed by atoms with E-state index in [4.69, 9.17) is 9.97 Å². The molecule has 2 aromatic heterocycles. The fraction of sp³-hybridized carbons (Fsp3) is 0. The van der Waals surface area contributed by atoms with Crippen LogP contribution in [0.2, 0.25) is 0 Å². The number of aromatic amines is 2. The van der Waals surface area contributed by atoms with Crippen molar-refractivity contribution in [2.45, 2.75) is 0 Å². The van der Waals surface area contributed by atoms with Crippen LogP contribution in [0.4, 0.5) is 11.4 Å². The average Bonchev–Trinajstić information content (AvgIpc) is 3.76. The highest BCUT2D eigenvalue weighted by Gasteiger charge is 2.19. The lowest BCUT2D eigenvalue weighted by atomic mass is 10.0. The van der Waals surface area contributed by atoms with E-state index >= 15 is 0 Å². The van der Waals surface area contributed by atoms with Gasteiger partial charge in [-0.05, 0) is 24.3 Å². The maximum atomic E-state index is 11.2. The van der Waals surface area contributed by atoms with Crippen LogP contribution in [-0.2, 0) is 0 Å². The Bertz CT molecular complexity index is 2010. The third-order valence-corrected chi connectivity index (χ3v) is 7.67. The lowest BCUT2D eigenvalue weighted by Gasteiger charge is -2.07. The highest BCUT2D eigenvalue weighted by Crippen LogP contribution is 2.37. The summed E-state index contributed by atoms with van der Waals surface area (Å²) < 4.78 is 0. The molecule has 0 spiro atoms. The molecular formula is C36H24N6O4. The molecule has 0 aliphatic rings. The second-order valence-electron chi connectivity index (χ2n) is 10.5. The van der Waals surface area contributed by atoms with Gasteiger partial charge < -0.3 is 9.97 Å². The van der Waals surface area contributed by atoms with Crippen molar-refractivity contribution in [1.29, 1.82) is 0 Å². The van der Waals surface area contributed by atoms with Crippen LogP contribution in [0.3, 0.4) is 0 Å². The number of non-ortho nitro benzene ring substituents is 2. The molecular weight excluding hydrogens is 580 g/mol. The number of aromatic nitrogens is 4. The minimum Gasteiger partial charge on any atom is -0.337 e. The first-order valence-corrected chi connectivity index (χ1v) is 14.4. The van der Waals surface area contributed by atoms with E-state index in [0.717, 1.165) is 56.2 Å². The number of benzene rings is 5. The summed E-state index contributed by atoms with van der Waals surface area (Å²) in [5.41, 5.74) is 8.29. The molecule has 0 atom stereocenters. The number of rotatable bonds is 8. The summed E-state index contributed by atoms with van der Waals surface area (Å²) in [5, 5.41) is 22.3. The van der Waals surface area contributed by atoms with Crippen molar-refractivity contribution in [3.05, 3.63) is 154 Å². The zero-order chi connectivity index (χ0) is 31.6. The Labute approximate surface area is 262 Å². The molecule has 2 heterocycles. The van der Waals surface area contributed by atoms with Gasteiger partial charge in [0.2, 0.25) is 0 Å². The highest BCUT2D eigenvalue weighted by atomic mass is 16.6. The highest BCUT2D eigenvalue weighted by molar-refractivity contribution is 5.85. The molecule has 10 heteroatoms. The number of nitro groups is 2. The van der Waals surface area contributed by atoms with E-state index in [1.54, 1.807) is 24.3 Å². The van der Waals surface area contributed by atoms with Crippen LogP contribution in [0.1, 0.15) is 0 Å². The largest absolute Gasteiger partial charge is 0.337 e. The van der Waals surface area contributed by atoms with Crippen molar-refractivity contribution in [3.63, 3.8) is 0 Å². The molecule has 2 N–H and O–H groups in total. The van der Waals surface area contributed by atoms with Crippen LogP contribution in [0.15, 0.2) is 133 Å². The summed E-state index contributed by atoms with van der Waals surface area (Å²) in [7, 11) is 0. The van der Waals surface area contributed by atoms with Gasteiger partial charge in [0.25, 0.3) is 11.4 Å². The number of imidazole rings is 2. The lowest BCUT2D eigenvalue weighted by molar-refractivity contribution is -0.385. The van der Waals surface area contributed by atoms with Crippen molar-refractivity contribution in [2.24, 2.45) is 0 Å². The molecule has 46 heavy (non-hydrogen) atoms. The summed E-state index contributed by atoms with van der Waals surface area (Å²) in [6.07, 6.45) is 0. The van der Waals surface area contributed by atoms with Crippen LogP contribution in [-0.4, -0.2) is 29.8 Å². The van der Waals surface area contributed by atoms with Gasteiger partial charge in [0.05, 0.1) is 32.6 Å². The number of nitrogens with zero attached hydrogens (tertiary/aromatic N) is 4. The van der Waals surface area contributed by atoms with Gasteiger partial charge in [-0.2, -0.15) is 0 Å². The molecule has 0 aliphatic heterocycles. The molecule has 0 saturated carbocycles. The maximum Gasteiger partial charge on any atom is 0.269 e. The van der Waals surface area contributed by atoms with E-state index in [-0.39, 0.29) is 11.4 Å². The van der Waals surface area contributed by atoms with Crippen LogP contribution >= 0.6 is 0 Å². The third-order valence-electron chi connectivity index (χ3n) is 7.67. The van der Waals surface area contributed by atoms with Crippen molar-refractivity contribution in [2.75, 3.05) is 0 Å². The average molecular weight is 605 g/mol. The normalized spacial score (nSPS) is 11.0. The second-order valence-corrected chi connectivity index (χ2v) is 10.5. The number of H-pyrrole nitrogens is 2. The quantitative estimate of drug-likeness (QED) is 0.131. The number of hydrogen-bond acceptors (Lipinski definition) is 6. The van der Waals surface area contributed by atoms with Gasteiger partial charge in [-0.3, -0.25) is 20.2 Å². The fourth-order valence-corrected chi connectivity index (χ4v) is 5.33. The SMILES string of the molecule is O=[N+]([O-])c1ccc(-c2nc(-c3ccccc3)c(-c3ccc(-c4[nH]c(-c5ccc([N+](=O)[O-])cc5)nc4-c4ccccc4)cc3)[nH]2)cc1. The van der Waals surface area contributed by atoms with Crippen LogP contribution in [0.5, 0.6) is 0 Å². The van der Waals surface area contributed by atoms with E-state index in [0.29, 0.717) is 11.6 Å². The molecule has 0 unspecified atom stereocenters. The molecule has 5 aromatic carbocycles. The molecule has 7 rings (SSSR count). The van der Waals surface area contributed by atoms with E-state index in [2.05, 4.69) is 9.97 Å². The Balaban J connectivity index is 1.29. The van der Waals surface area contributed by atoms with E-state index in [1.165, 1.54) is 24.3 Å². The molecule has 0 aliphatic carbocycles. The first kappa shape index (κ1) is 28.1. The molecule has 0 bridgehead atoms. The van der Waals surface area contributed by atoms with Gasteiger partial charge in [0.1, 0.15) is 11.6 Å². The van der Waals surface area contributed by atoms with Gasteiger partial charge in [-0.15, -0.1) is 0 Å². The predicted octanol–water partition coefficient (Wildman–Crippen LogP) is 8.95. The van der Waals surface area contributed by atoms with Gasteiger partial charge in [0.15, 0.2) is 0 Å². The van der Waals surface area contributed by atoms with Crippen molar-refractivity contribution < 1.29 is 9.85 Å². The van der Waals surface area contributed by atoms with Gasteiger partial charge in [-0.1, -0.05) is 84.9 Å². The van der Waals surface area contributed by atoms with Crippen LogP contribution in [0, 0.1) is 20.2 Å². The second kappa shape index (κ2) is 11.8. The summed E-state index contributed by atoms with van der Waals surface area (Å²) in [5.74, 6) is 1.20. The van der Waals surface area contributed by atoms with Crippen molar-refractivity contribution in [3.8, 4) is 67.8 Å². The Hall–Kier alpha value is -6.68. The van der Waals surface area contributed by atoms with Gasteiger partial charge in [-0.25, -0.2) is 9.97 Å². The summed E-state index contributed by atoms with van der Waals surface area (Å²) in [6.45, 7) is 0. The Morgan fingerprint density at radius 1 is 0.413 bits per heavy atom. The fourth-order valence-electron chi connectivity index (χ4n) is 5.33. The van der Waals surface area contributed by atoms with Crippen molar-refractivity contribution >= 4 is 11.4 Å². The molecule has 10 nitrogen and oxygen atoms in total. The van der Waals surface area contributed by atoms with Gasteiger partial charge in [0, 0.05) is 57.6 Å². The van der Waals surface area contributed by atoms with Crippen LogP contribution in [0.25, 0.3) is 67.8 Å². The Morgan fingerprint density at radius 2 is 0.739 bits per heavy atom. The predicted molar refractivity (Wildman–Crippen MR) is 177 cm³/mol. The number of nitrogens with one attached hydrogen (secondary N) is 2. The summed E-state index contributed by atoms with van der Waals surface area (Å²) in [6, 6.07) is 40.3. The summed E-state index contributed by atoms with van der Waals surface area (Å²) in [4.78, 5) is 38.2. The zero-order valence-corrected chi connectivity index (χ0v) is 24.1. The molecule has 0 fully saturated rings. The molecule has 222 valence electrons. The monoisotopic (exact) mass is 604 g/mol. The van der Waals surface area contributed by atoms with E-state index < -0.39 is 9.85 Å². The summed E-state index contributed by atoms with van der Waals surface area (Å²) >= 11 is 0. The Morgan fingerprint density at radius 3 is 1.07 bits per heavy atom. The van der Waals surface area contributed by atoms with Crippen molar-refractivity contribution in [1.82, 2.24) is 19.9 Å². The number of hydrogen-bond donors (Lipinski definition) is 2. The van der Waals surface area contributed by atoms with E-state index in [9.17, 15) is 20.2 Å². The standard InChI is InChI=1S/C36H24N6O4/c43-41(44)29-19-15-27(16-20-29)35-37-31(23-7-3-1-4-8-23)33(39-35)25-11-13-26(14-12-25)34-32(24-9-5-2-6-10-24)38-36(40-34)28-17-21-30(22-18-28)42(45)46/h1-22H,(H,37,39)(H,38,40). The van der Waals surface area contributed by atoms with Gasteiger partial charge >= 0.3 is 0 Å². The molecule has 0 saturated heterocycles. The van der Waals surface area contributed by atoms with E-state index in [1.807, 2.05) is 84.9 Å². The minimum atomic E-state index is -0.425. The molecule has 7 aromatic rings. The minimum absolute atomic E-state index is 0.0137. The number of nitro benzene ring substituents is 2. The topological polar surface area (TPSA) is 144 Å². The first-order chi connectivity index (χ1) is 22.4. The molecule has 0 radical (unpaired) electrons. The Kier molecular flexibility index (Phi) is 7.20. The maximum absolute atomic E-state index is 11.2. The third kappa shape index (κ3) is 5.42. The molecule has 0 amide bonds. The lowest BCUT2D eigenvalue weighted by Crippen LogP contribution is -1.88. The first-order valence-electron chi connectivity index (χ1n) is 14.4. The zero-order valence-electron chi connectivity index (χ0n) is 24.1. The van der Waals surface area contributed by atoms with Crippen LogP contribution < -0.4 is 0 Å².